The summed E-state index contributed by atoms with van der Waals surface area (Å²) < 4.78 is 5.51. The molecule has 6 heteroatoms. The van der Waals surface area contributed by atoms with E-state index >= 15 is 0 Å². The number of unbranched alkanes of at least 4 members (excludes halogenated alkanes) is 59. The Hall–Kier alpha value is -1.66. The molecule has 0 aliphatic rings. The molecular formula is C79H153NO5. The highest BCUT2D eigenvalue weighted by Gasteiger charge is 2.20. The van der Waals surface area contributed by atoms with Gasteiger partial charge < -0.3 is 20.3 Å². The molecule has 0 fully saturated rings. The first-order chi connectivity index (χ1) is 42.0. The molecule has 85 heavy (non-hydrogen) atoms. The van der Waals surface area contributed by atoms with Crippen molar-refractivity contribution in [2.24, 2.45) is 0 Å². The maximum absolute atomic E-state index is 12.5. The van der Waals surface area contributed by atoms with Crippen LogP contribution in [0.25, 0.3) is 0 Å². The SMILES string of the molecule is CCCCCCCCCCCCCCCCCCCC(=O)OCCCCCCCCCCCCC/C=C\C/C=C\CCCCCCCCCCCCCCCCCCCC(=O)NC(CO)C(O)CCCCCCCCCCCCCCCCCC. The van der Waals surface area contributed by atoms with Gasteiger partial charge in [0.05, 0.1) is 25.4 Å². The van der Waals surface area contributed by atoms with E-state index in [2.05, 4.69) is 43.5 Å². The van der Waals surface area contributed by atoms with Crippen LogP contribution in [0.4, 0.5) is 0 Å². The highest BCUT2D eigenvalue weighted by molar-refractivity contribution is 5.76. The van der Waals surface area contributed by atoms with Crippen LogP contribution in [0.1, 0.15) is 444 Å². The molecule has 0 saturated heterocycles. The Balaban J connectivity index is 3.35. The molecule has 0 bridgehead atoms. The molecule has 3 N–H and O–H groups in total. The zero-order valence-electron chi connectivity index (χ0n) is 57.9. The molecule has 504 valence electrons. The van der Waals surface area contributed by atoms with Gasteiger partial charge in [0.15, 0.2) is 0 Å². The number of aliphatic hydroxyl groups excluding tert-OH is 2. The van der Waals surface area contributed by atoms with E-state index in [1.165, 1.54) is 366 Å². The van der Waals surface area contributed by atoms with E-state index in [0.29, 0.717) is 25.9 Å². The van der Waals surface area contributed by atoms with Crippen LogP contribution in [0.5, 0.6) is 0 Å². The predicted molar refractivity (Wildman–Crippen MR) is 375 cm³/mol. The molecule has 0 heterocycles. The summed E-state index contributed by atoms with van der Waals surface area (Å²) in [5.41, 5.74) is 0. The van der Waals surface area contributed by atoms with Crippen LogP contribution in [0, 0.1) is 0 Å². The summed E-state index contributed by atoms with van der Waals surface area (Å²) in [6.07, 6.45) is 95.5. The number of aliphatic hydroxyl groups is 2. The summed E-state index contributed by atoms with van der Waals surface area (Å²) in [5, 5.41) is 23.4. The van der Waals surface area contributed by atoms with Crippen molar-refractivity contribution in [2.75, 3.05) is 13.2 Å². The van der Waals surface area contributed by atoms with Gasteiger partial charge in [-0.3, -0.25) is 9.59 Å². The van der Waals surface area contributed by atoms with Crippen molar-refractivity contribution in [1.82, 2.24) is 5.32 Å². The lowest BCUT2D eigenvalue weighted by atomic mass is 10.0. The first-order valence-corrected chi connectivity index (χ1v) is 39.1. The van der Waals surface area contributed by atoms with Crippen molar-refractivity contribution in [1.29, 1.82) is 0 Å². The van der Waals surface area contributed by atoms with Crippen LogP contribution in [0.3, 0.4) is 0 Å². The van der Waals surface area contributed by atoms with Crippen LogP contribution in [0.15, 0.2) is 24.3 Å². The standard InChI is InChI=1S/C79H153NO5/c1-3-5-7-9-11-13-15-17-19-40-45-49-53-57-61-65-69-73-79(84)85-74-70-66-62-58-54-50-46-42-39-37-35-33-31-29-27-25-23-21-22-24-26-28-30-32-34-36-38-41-44-48-52-56-60-64-68-72-78(83)80-76(75-81)77(82)71-67-63-59-55-51-47-43-20-18-16-14-12-10-8-6-4-2/h23,25,29,31,76-77,81-82H,3-22,24,26-28,30,32-75H2,1-2H3,(H,80,83)/b25-23-,31-29-. The van der Waals surface area contributed by atoms with Gasteiger partial charge in [-0.05, 0) is 57.8 Å². The van der Waals surface area contributed by atoms with Crippen molar-refractivity contribution >= 4 is 11.9 Å². The monoisotopic (exact) mass is 1200 g/mol. The molecule has 6 nitrogen and oxygen atoms in total. The lowest BCUT2D eigenvalue weighted by molar-refractivity contribution is -0.143. The number of esters is 1. The van der Waals surface area contributed by atoms with Crippen LogP contribution in [0.2, 0.25) is 0 Å². The molecule has 0 rings (SSSR count). The number of carbonyl (C=O) groups excluding carboxylic acids is 2. The molecule has 0 aliphatic heterocycles. The molecule has 2 unspecified atom stereocenters. The van der Waals surface area contributed by atoms with Gasteiger partial charge >= 0.3 is 5.97 Å². The quantitative estimate of drug-likeness (QED) is 0.0320. The second-order valence-corrected chi connectivity index (χ2v) is 27.0. The highest BCUT2D eigenvalue weighted by atomic mass is 16.5. The summed E-state index contributed by atoms with van der Waals surface area (Å²) in [4.78, 5) is 24.6. The van der Waals surface area contributed by atoms with Crippen molar-refractivity contribution in [2.45, 2.75) is 456 Å². The third-order valence-electron chi connectivity index (χ3n) is 18.5. The third-order valence-corrected chi connectivity index (χ3v) is 18.5. The Morgan fingerprint density at radius 2 is 0.588 bits per heavy atom. The fraction of sp³-hybridized carbons (Fsp3) is 0.924. The maximum atomic E-state index is 12.5. The van der Waals surface area contributed by atoms with E-state index < -0.39 is 12.1 Å². The molecular weight excluding hydrogens is 1040 g/mol. The minimum absolute atomic E-state index is 0.0217. The van der Waals surface area contributed by atoms with Crippen LogP contribution in [-0.2, 0) is 14.3 Å². The van der Waals surface area contributed by atoms with Crippen molar-refractivity contribution < 1.29 is 24.5 Å². The topological polar surface area (TPSA) is 95.9 Å². The zero-order valence-corrected chi connectivity index (χ0v) is 57.9. The van der Waals surface area contributed by atoms with E-state index in [4.69, 9.17) is 4.74 Å². The molecule has 0 aliphatic carbocycles. The van der Waals surface area contributed by atoms with Crippen LogP contribution in [-0.4, -0.2) is 47.4 Å². The van der Waals surface area contributed by atoms with E-state index in [1.807, 2.05) is 0 Å². The molecule has 0 saturated carbocycles. The Morgan fingerprint density at radius 3 is 0.894 bits per heavy atom. The third kappa shape index (κ3) is 71.3. The van der Waals surface area contributed by atoms with Gasteiger partial charge in [0.25, 0.3) is 0 Å². The number of hydrogen-bond donors (Lipinski definition) is 3. The summed E-state index contributed by atoms with van der Waals surface area (Å²) in [6, 6.07) is -0.540. The first-order valence-electron chi connectivity index (χ1n) is 39.1. The van der Waals surface area contributed by atoms with E-state index in [9.17, 15) is 19.8 Å². The van der Waals surface area contributed by atoms with Gasteiger partial charge in [-0.2, -0.15) is 0 Å². The van der Waals surface area contributed by atoms with Gasteiger partial charge in [-0.15, -0.1) is 0 Å². The smallest absolute Gasteiger partial charge is 0.305 e. The number of rotatable bonds is 74. The Kier molecular flexibility index (Phi) is 73.3. The number of amides is 1. The summed E-state index contributed by atoms with van der Waals surface area (Å²) >= 11 is 0. The second-order valence-electron chi connectivity index (χ2n) is 27.0. The van der Waals surface area contributed by atoms with Gasteiger partial charge in [0.2, 0.25) is 5.91 Å². The Labute approximate surface area is 532 Å². The number of hydrogen-bond acceptors (Lipinski definition) is 5. The molecule has 2 atom stereocenters. The molecule has 0 radical (unpaired) electrons. The molecule has 0 aromatic heterocycles. The second kappa shape index (κ2) is 74.8. The van der Waals surface area contributed by atoms with Gasteiger partial charge in [-0.25, -0.2) is 0 Å². The normalized spacial score (nSPS) is 12.6. The van der Waals surface area contributed by atoms with Crippen molar-refractivity contribution in [3.05, 3.63) is 24.3 Å². The minimum Gasteiger partial charge on any atom is -0.466 e. The predicted octanol–water partition coefficient (Wildman–Crippen LogP) is 25.7. The van der Waals surface area contributed by atoms with Gasteiger partial charge in [-0.1, -0.05) is 398 Å². The fourth-order valence-corrected chi connectivity index (χ4v) is 12.6. The first kappa shape index (κ1) is 83.3. The number of carbonyl (C=O) groups is 2. The molecule has 1 amide bonds. The minimum atomic E-state index is -0.662. The summed E-state index contributed by atoms with van der Waals surface area (Å²) in [5.74, 6) is -0.00712. The number of nitrogens with one attached hydrogen (secondary N) is 1. The van der Waals surface area contributed by atoms with E-state index in [-0.39, 0.29) is 18.5 Å². The van der Waals surface area contributed by atoms with Crippen LogP contribution >= 0.6 is 0 Å². The summed E-state index contributed by atoms with van der Waals surface area (Å²) in [7, 11) is 0. The Morgan fingerprint density at radius 1 is 0.329 bits per heavy atom. The van der Waals surface area contributed by atoms with E-state index in [1.54, 1.807) is 0 Å². The lowest BCUT2D eigenvalue weighted by Crippen LogP contribution is -2.45. The highest BCUT2D eigenvalue weighted by Crippen LogP contribution is 2.20. The van der Waals surface area contributed by atoms with Crippen molar-refractivity contribution in [3.63, 3.8) is 0 Å². The lowest BCUT2D eigenvalue weighted by Gasteiger charge is -2.22. The van der Waals surface area contributed by atoms with Crippen LogP contribution < -0.4 is 5.32 Å². The number of allylic oxidation sites excluding steroid dienone is 4. The maximum Gasteiger partial charge on any atom is 0.305 e. The molecule has 0 aromatic rings. The number of ether oxygens (including phenoxy) is 1. The molecule has 0 aromatic carbocycles. The van der Waals surface area contributed by atoms with E-state index in [0.717, 1.165) is 44.9 Å². The van der Waals surface area contributed by atoms with Gasteiger partial charge in [0.1, 0.15) is 0 Å². The fourth-order valence-electron chi connectivity index (χ4n) is 12.6. The average molecular weight is 1200 g/mol. The van der Waals surface area contributed by atoms with Crippen molar-refractivity contribution in [3.8, 4) is 0 Å². The Bertz CT molecular complexity index is 1330. The molecule has 0 spiro atoms. The summed E-state index contributed by atoms with van der Waals surface area (Å²) in [6.45, 7) is 5.00. The zero-order chi connectivity index (χ0) is 61.3. The average Bonchev–Trinajstić information content (AvgIpc) is 3.51. The van der Waals surface area contributed by atoms with Gasteiger partial charge in [0, 0.05) is 12.8 Å². The largest absolute Gasteiger partial charge is 0.466 e.